The summed E-state index contributed by atoms with van der Waals surface area (Å²) >= 11 is 1.36. The number of rotatable bonds is 6. The highest BCUT2D eigenvalue weighted by Crippen LogP contribution is 2.24. The van der Waals surface area contributed by atoms with Gasteiger partial charge in [0.1, 0.15) is 11.6 Å². The first kappa shape index (κ1) is 19.0. The quantitative estimate of drug-likeness (QED) is 0.654. The van der Waals surface area contributed by atoms with Crippen LogP contribution in [0.25, 0.3) is 5.69 Å². The van der Waals surface area contributed by atoms with E-state index in [4.69, 9.17) is 4.74 Å². The first-order chi connectivity index (χ1) is 13.0. The van der Waals surface area contributed by atoms with Crippen LogP contribution in [0.5, 0.6) is 5.75 Å². The minimum absolute atomic E-state index is 0.0701. The highest BCUT2D eigenvalue weighted by Gasteiger charge is 2.14. The number of aryl methyl sites for hydroxylation is 3. The summed E-state index contributed by atoms with van der Waals surface area (Å²) in [6.07, 6.45) is 0. The zero-order valence-electron chi connectivity index (χ0n) is 15.8. The van der Waals surface area contributed by atoms with Gasteiger partial charge >= 0.3 is 0 Å². The van der Waals surface area contributed by atoms with Gasteiger partial charge in [0.2, 0.25) is 5.91 Å². The Labute approximate surface area is 163 Å². The van der Waals surface area contributed by atoms with Crippen molar-refractivity contribution in [2.75, 3.05) is 18.2 Å². The van der Waals surface area contributed by atoms with Crippen LogP contribution in [-0.4, -0.2) is 33.5 Å². The number of nitrogens with one attached hydrogen (secondary N) is 1. The number of methoxy groups -OCH3 is 1. The summed E-state index contributed by atoms with van der Waals surface area (Å²) in [4.78, 5) is 12.4. The molecule has 0 aliphatic rings. The number of thioether (sulfide) groups is 1. The van der Waals surface area contributed by atoms with E-state index in [0.29, 0.717) is 5.16 Å². The molecule has 1 heterocycles. The van der Waals surface area contributed by atoms with Gasteiger partial charge in [0.15, 0.2) is 5.16 Å². The fourth-order valence-electron chi connectivity index (χ4n) is 2.78. The maximum absolute atomic E-state index is 12.4. The van der Waals surface area contributed by atoms with Crippen molar-refractivity contribution in [3.8, 4) is 11.4 Å². The third-order valence-electron chi connectivity index (χ3n) is 4.20. The van der Waals surface area contributed by atoms with E-state index in [0.717, 1.165) is 34.1 Å². The zero-order valence-corrected chi connectivity index (χ0v) is 16.6. The predicted molar refractivity (Wildman–Crippen MR) is 108 cm³/mol. The summed E-state index contributed by atoms with van der Waals surface area (Å²) in [5, 5.41) is 12.0. The number of hydrogen-bond acceptors (Lipinski definition) is 5. The molecule has 0 atom stereocenters. The number of anilines is 1. The number of aromatic nitrogens is 3. The first-order valence-corrected chi connectivity index (χ1v) is 9.53. The standard InChI is InChI=1S/C20H22N4O2S/c1-13-6-5-7-14(2)19(13)21-18(25)12-27-20-23-22-15(3)24(20)16-8-10-17(26-4)11-9-16/h5-11H,12H2,1-4H3,(H,21,25). The summed E-state index contributed by atoms with van der Waals surface area (Å²) in [5.74, 6) is 1.73. The zero-order chi connectivity index (χ0) is 19.4. The molecule has 0 unspecified atom stereocenters. The lowest BCUT2D eigenvalue weighted by Crippen LogP contribution is -2.16. The highest BCUT2D eigenvalue weighted by atomic mass is 32.2. The molecule has 0 spiro atoms. The molecule has 6 nitrogen and oxygen atoms in total. The molecule has 0 saturated heterocycles. The van der Waals surface area contributed by atoms with Crippen LogP contribution < -0.4 is 10.1 Å². The van der Waals surface area contributed by atoms with Crippen LogP contribution in [0.1, 0.15) is 17.0 Å². The van der Waals surface area contributed by atoms with Gasteiger partial charge in [0.25, 0.3) is 0 Å². The number of nitrogens with zero attached hydrogens (tertiary/aromatic N) is 3. The number of benzene rings is 2. The van der Waals surface area contributed by atoms with E-state index in [1.54, 1.807) is 7.11 Å². The lowest BCUT2D eigenvalue weighted by atomic mass is 10.1. The molecule has 27 heavy (non-hydrogen) atoms. The summed E-state index contributed by atoms with van der Waals surface area (Å²) in [5.41, 5.74) is 3.89. The van der Waals surface area contributed by atoms with E-state index in [9.17, 15) is 4.79 Å². The molecule has 3 rings (SSSR count). The molecular formula is C20H22N4O2S. The van der Waals surface area contributed by atoms with E-state index in [1.165, 1.54) is 11.8 Å². The molecule has 0 aliphatic carbocycles. The van der Waals surface area contributed by atoms with Crippen LogP contribution in [-0.2, 0) is 4.79 Å². The smallest absolute Gasteiger partial charge is 0.234 e. The number of hydrogen-bond donors (Lipinski definition) is 1. The summed E-state index contributed by atoms with van der Waals surface area (Å²) < 4.78 is 7.13. The SMILES string of the molecule is COc1ccc(-n2c(C)nnc2SCC(=O)Nc2c(C)cccc2C)cc1. The Hall–Kier alpha value is -2.80. The molecule has 0 saturated carbocycles. The van der Waals surface area contributed by atoms with Gasteiger partial charge in [-0.05, 0) is 56.2 Å². The normalized spacial score (nSPS) is 10.7. The molecule has 0 radical (unpaired) electrons. The number of amides is 1. The van der Waals surface area contributed by atoms with Gasteiger partial charge in [0, 0.05) is 11.4 Å². The van der Waals surface area contributed by atoms with E-state index in [1.807, 2.05) is 67.8 Å². The van der Waals surface area contributed by atoms with E-state index in [-0.39, 0.29) is 11.7 Å². The lowest BCUT2D eigenvalue weighted by molar-refractivity contribution is -0.113. The molecule has 2 aromatic carbocycles. The first-order valence-electron chi connectivity index (χ1n) is 8.55. The lowest BCUT2D eigenvalue weighted by Gasteiger charge is -2.12. The second-order valence-electron chi connectivity index (χ2n) is 6.17. The minimum Gasteiger partial charge on any atom is -0.497 e. The van der Waals surface area contributed by atoms with Crippen molar-refractivity contribution in [3.63, 3.8) is 0 Å². The van der Waals surface area contributed by atoms with Crippen LogP contribution in [0.2, 0.25) is 0 Å². The summed E-state index contributed by atoms with van der Waals surface area (Å²) in [7, 11) is 1.63. The van der Waals surface area contributed by atoms with Crippen molar-refractivity contribution in [3.05, 3.63) is 59.4 Å². The topological polar surface area (TPSA) is 69.0 Å². The molecule has 1 amide bonds. The Balaban J connectivity index is 1.72. The van der Waals surface area contributed by atoms with Gasteiger partial charge in [-0.15, -0.1) is 10.2 Å². The van der Waals surface area contributed by atoms with Crippen LogP contribution in [0.3, 0.4) is 0 Å². The molecule has 0 fully saturated rings. The predicted octanol–water partition coefficient (Wildman–Crippen LogP) is 3.93. The van der Waals surface area contributed by atoms with Gasteiger partial charge in [-0.2, -0.15) is 0 Å². The van der Waals surface area contributed by atoms with Crippen molar-refractivity contribution in [1.82, 2.24) is 14.8 Å². The highest BCUT2D eigenvalue weighted by molar-refractivity contribution is 7.99. The summed E-state index contributed by atoms with van der Waals surface area (Å²) in [6.45, 7) is 5.86. The Morgan fingerprint density at radius 1 is 1.07 bits per heavy atom. The monoisotopic (exact) mass is 382 g/mol. The average molecular weight is 382 g/mol. The Morgan fingerprint density at radius 3 is 2.37 bits per heavy atom. The molecule has 1 N–H and O–H groups in total. The molecule has 140 valence electrons. The molecule has 1 aromatic heterocycles. The van der Waals surface area contributed by atoms with E-state index >= 15 is 0 Å². The fraction of sp³-hybridized carbons (Fsp3) is 0.250. The van der Waals surface area contributed by atoms with Gasteiger partial charge in [-0.1, -0.05) is 30.0 Å². The van der Waals surface area contributed by atoms with Gasteiger partial charge < -0.3 is 10.1 Å². The third kappa shape index (κ3) is 4.31. The van der Waals surface area contributed by atoms with Crippen molar-refractivity contribution in [1.29, 1.82) is 0 Å². The third-order valence-corrected chi connectivity index (χ3v) is 5.13. The second-order valence-corrected chi connectivity index (χ2v) is 7.11. The maximum Gasteiger partial charge on any atom is 0.234 e. The average Bonchev–Trinajstić information content (AvgIpc) is 3.04. The van der Waals surface area contributed by atoms with E-state index in [2.05, 4.69) is 15.5 Å². The molecular weight excluding hydrogens is 360 g/mol. The second kappa shape index (κ2) is 8.26. The number of carbonyl (C=O) groups is 1. The Morgan fingerprint density at radius 2 is 1.74 bits per heavy atom. The molecule has 0 aliphatic heterocycles. The number of para-hydroxylation sites is 1. The summed E-state index contributed by atoms with van der Waals surface area (Å²) in [6, 6.07) is 13.6. The van der Waals surface area contributed by atoms with Gasteiger partial charge in [-0.3, -0.25) is 9.36 Å². The largest absolute Gasteiger partial charge is 0.497 e. The minimum atomic E-state index is -0.0701. The van der Waals surface area contributed by atoms with Crippen molar-refractivity contribution < 1.29 is 9.53 Å². The van der Waals surface area contributed by atoms with Gasteiger partial charge in [0.05, 0.1) is 12.9 Å². The Bertz CT molecular complexity index is 931. The van der Waals surface area contributed by atoms with Gasteiger partial charge in [-0.25, -0.2) is 0 Å². The number of ether oxygens (including phenoxy) is 1. The van der Waals surface area contributed by atoms with Crippen molar-refractivity contribution in [2.24, 2.45) is 0 Å². The molecule has 7 heteroatoms. The fourth-order valence-corrected chi connectivity index (χ4v) is 3.58. The van der Waals surface area contributed by atoms with E-state index < -0.39 is 0 Å². The number of carbonyl (C=O) groups excluding carboxylic acids is 1. The molecule has 0 bridgehead atoms. The molecule has 3 aromatic rings. The Kier molecular flexibility index (Phi) is 5.81. The van der Waals surface area contributed by atoms with Crippen molar-refractivity contribution >= 4 is 23.4 Å². The van der Waals surface area contributed by atoms with Crippen LogP contribution in [0, 0.1) is 20.8 Å². The van der Waals surface area contributed by atoms with Crippen LogP contribution in [0.4, 0.5) is 5.69 Å². The maximum atomic E-state index is 12.4. The van der Waals surface area contributed by atoms with Crippen LogP contribution in [0.15, 0.2) is 47.6 Å². The van der Waals surface area contributed by atoms with Crippen molar-refractivity contribution in [2.45, 2.75) is 25.9 Å². The van der Waals surface area contributed by atoms with Crippen LogP contribution >= 0.6 is 11.8 Å².